The van der Waals surface area contributed by atoms with Crippen molar-refractivity contribution in [1.82, 2.24) is 9.80 Å². The molecule has 1 saturated heterocycles. The average molecular weight is 310 g/mol. The molecule has 1 N–H and O–H groups in total. The molecule has 1 aliphatic heterocycles. The molecule has 1 amide bonds. The van der Waals surface area contributed by atoms with Gasteiger partial charge in [-0.15, -0.1) is 0 Å². The highest BCUT2D eigenvalue weighted by molar-refractivity contribution is 5.94. The van der Waals surface area contributed by atoms with Gasteiger partial charge in [-0.25, -0.2) is 8.78 Å². The Kier molecular flexibility index (Phi) is 4.40. The molecule has 1 aromatic carbocycles. The third kappa shape index (κ3) is 2.98. The Morgan fingerprint density at radius 2 is 1.82 bits per heavy atom. The maximum absolute atomic E-state index is 13.2. The van der Waals surface area contributed by atoms with Gasteiger partial charge in [-0.1, -0.05) is 0 Å². The van der Waals surface area contributed by atoms with Crippen LogP contribution in [0.2, 0.25) is 0 Å². The number of piperazine rings is 1. The molecule has 2 fully saturated rings. The Morgan fingerprint density at radius 3 is 2.41 bits per heavy atom. The molecule has 1 heterocycles. The second-order valence-corrected chi connectivity index (χ2v) is 6.02. The van der Waals surface area contributed by atoms with Crippen LogP contribution in [0.1, 0.15) is 29.6 Å². The molecule has 4 nitrogen and oxygen atoms in total. The Labute approximate surface area is 128 Å². The summed E-state index contributed by atoms with van der Waals surface area (Å²) in [6.45, 7) is 2.50. The molecular weight excluding hydrogens is 290 g/mol. The summed E-state index contributed by atoms with van der Waals surface area (Å²) in [5.41, 5.74) is 0.174. The van der Waals surface area contributed by atoms with E-state index in [0.29, 0.717) is 26.2 Å². The minimum Gasteiger partial charge on any atom is -0.391 e. The fourth-order valence-electron chi connectivity index (χ4n) is 3.42. The van der Waals surface area contributed by atoms with Gasteiger partial charge in [0, 0.05) is 37.8 Å². The molecule has 0 aromatic heterocycles. The van der Waals surface area contributed by atoms with Crippen molar-refractivity contribution in [2.45, 2.75) is 31.4 Å². The van der Waals surface area contributed by atoms with Crippen molar-refractivity contribution in [3.8, 4) is 0 Å². The van der Waals surface area contributed by atoms with Crippen molar-refractivity contribution in [2.24, 2.45) is 0 Å². The van der Waals surface area contributed by atoms with E-state index in [9.17, 15) is 18.7 Å². The zero-order valence-electron chi connectivity index (χ0n) is 12.3. The van der Waals surface area contributed by atoms with Gasteiger partial charge in [-0.05, 0) is 37.5 Å². The Hall–Kier alpha value is -1.53. The van der Waals surface area contributed by atoms with Crippen LogP contribution in [0, 0.1) is 11.6 Å². The van der Waals surface area contributed by atoms with E-state index >= 15 is 0 Å². The number of halogens is 2. The first-order valence-corrected chi connectivity index (χ1v) is 7.72. The fourth-order valence-corrected chi connectivity index (χ4v) is 3.42. The monoisotopic (exact) mass is 310 g/mol. The molecule has 1 aliphatic carbocycles. The molecule has 2 unspecified atom stereocenters. The number of nitrogens with zero attached hydrogens (tertiary/aromatic N) is 2. The number of carbonyl (C=O) groups excluding carboxylic acids is 1. The summed E-state index contributed by atoms with van der Waals surface area (Å²) in [5, 5.41) is 9.95. The first-order valence-electron chi connectivity index (χ1n) is 7.72. The van der Waals surface area contributed by atoms with E-state index in [2.05, 4.69) is 4.90 Å². The smallest absolute Gasteiger partial charge is 0.254 e. The van der Waals surface area contributed by atoms with E-state index in [1.54, 1.807) is 4.90 Å². The minimum atomic E-state index is -1.00. The van der Waals surface area contributed by atoms with Crippen LogP contribution < -0.4 is 0 Å². The first kappa shape index (κ1) is 15.4. The predicted molar refractivity (Wildman–Crippen MR) is 77.5 cm³/mol. The lowest BCUT2D eigenvalue weighted by atomic mass is 10.1. The van der Waals surface area contributed by atoms with Gasteiger partial charge in [0.1, 0.15) is 0 Å². The Balaban J connectivity index is 1.61. The van der Waals surface area contributed by atoms with Gasteiger partial charge < -0.3 is 10.0 Å². The molecule has 3 rings (SSSR count). The number of carbonyl (C=O) groups is 1. The normalized spacial score (nSPS) is 26.4. The number of rotatable bonds is 2. The third-order valence-corrected chi connectivity index (χ3v) is 4.68. The van der Waals surface area contributed by atoms with E-state index in [0.717, 1.165) is 31.4 Å². The van der Waals surface area contributed by atoms with E-state index in [1.807, 2.05) is 0 Å². The molecule has 6 heteroatoms. The second kappa shape index (κ2) is 6.30. The summed E-state index contributed by atoms with van der Waals surface area (Å²) in [6.07, 6.45) is 2.62. The average Bonchev–Trinajstić information content (AvgIpc) is 2.95. The molecule has 0 bridgehead atoms. The van der Waals surface area contributed by atoms with Crippen LogP contribution in [0.3, 0.4) is 0 Å². The van der Waals surface area contributed by atoms with Gasteiger partial charge in [0.15, 0.2) is 11.6 Å². The summed E-state index contributed by atoms with van der Waals surface area (Å²) in [4.78, 5) is 16.2. The van der Waals surface area contributed by atoms with E-state index < -0.39 is 11.6 Å². The molecule has 22 heavy (non-hydrogen) atoms. The second-order valence-electron chi connectivity index (χ2n) is 6.02. The molecule has 0 spiro atoms. The highest BCUT2D eigenvalue weighted by Gasteiger charge is 2.33. The van der Waals surface area contributed by atoms with Crippen molar-refractivity contribution < 1.29 is 18.7 Å². The lowest BCUT2D eigenvalue weighted by molar-refractivity contribution is 0.0315. The molecular formula is C16H20F2N2O2. The molecule has 0 radical (unpaired) electrons. The highest BCUT2D eigenvalue weighted by Crippen LogP contribution is 2.25. The van der Waals surface area contributed by atoms with Crippen LogP contribution in [0.25, 0.3) is 0 Å². The van der Waals surface area contributed by atoms with Gasteiger partial charge in [-0.3, -0.25) is 9.69 Å². The maximum atomic E-state index is 13.2. The summed E-state index contributed by atoms with van der Waals surface area (Å²) in [7, 11) is 0. The topological polar surface area (TPSA) is 43.8 Å². The van der Waals surface area contributed by atoms with Crippen LogP contribution in [-0.4, -0.2) is 59.1 Å². The van der Waals surface area contributed by atoms with E-state index in [4.69, 9.17) is 0 Å². The number of aliphatic hydroxyl groups is 1. The van der Waals surface area contributed by atoms with Crippen LogP contribution >= 0.6 is 0 Å². The van der Waals surface area contributed by atoms with E-state index in [-0.39, 0.29) is 23.6 Å². The fraction of sp³-hybridized carbons (Fsp3) is 0.562. The largest absolute Gasteiger partial charge is 0.391 e. The summed E-state index contributed by atoms with van der Waals surface area (Å²) < 4.78 is 26.2. The van der Waals surface area contributed by atoms with Gasteiger partial charge in [0.25, 0.3) is 5.91 Å². The third-order valence-electron chi connectivity index (χ3n) is 4.68. The summed E-state index contributed by atoms with van der Waals surface area (Å²) in [6, 6.07) is 3.44. The Bertz CT molecular complexity index is 559. The summed E-state index contributed by atoms with van der Waals surface area (Å²) >= 11 is 0. The van der Waals surface area contributed by atoms with Gasteiger partial charge in [-0.2, -0.15) is 0 Å². The van der Waals surface area contributed by atoms with Crippen LogP contribution in [-0.2, 0) is 0 Å². The number of hydrogen-bond donors (Lipinski definition) is 1. The minimum absolute atomic E-state index is 0.174. The van der Waals surface area contributed by atoms with Crippen LogP contribution in [0.5, 0.6) is 0 Å². The van der Waals surface area contributed by atoms with Crippen molar-refractivity contribution >= 4 is 5.91 Å². The molecule has 2 aliphatic rings. The number of amides is 1. The van der Waals surface area contributed by atoms with Gasteiger partial charge >= 0.3 is 0 Å². The number of benzene rings is 1. The Morgan fingerprint density at radius 1 is 1.09 bits per heavy atom. The molecule has 1 saturated carbocycles. The zero-order valence-corrected chi connectivity index (χ0v) is 12.3. The lowest BCUT2D eigenvalue weighted by Gasteiger charge is -2.39. The first-order chi connectivity index (χ1) is 10.6. The standard InChI is InChI=1S/C16H20F2N2O2/c17-12-5-4-11(10-13(12)18)16(22)20-8-6-19(7-9-20)14-2-1-3-15(14)21/h4-5,10,14-15,21H,1-3,6-9H2. The van der Waals surface area contributed by atoms with E-state index in [1.165, 1.54) is 6.07 Å². The molecule has 120 valence electrons. The van der Waals surface area contributed by atoms with Crippen molar-refractivity contribution in [2.75, 3.05) is 26.2 Å². The predicted octanol–water partition coefficient (Wildman–Crippen LogP) is 1.64. The van der Waals surface area contributed by atoms with Gasteiger partial charge in [0.2, 0.25) is 0 Å². The van der Waals surface area contributed by atoms with Crippen molar-refractivity contribution in [3.63, 3.8) is 0 Å². The van der Waals surface area contributed by atoms with Gasteiger partial charge in [0.05, 0.1) is 6.10 Å². The highest BCUT2D eigenvalue weighted by atomic mass is 19.2. The van der Waals surface area contributed by atoms with Crippen molar-refractivity contribution in [1.29, 1.82) is 0 Å². The van der Waals surface area contributed by atoms with Crippen LogP contribution in [0.15, 0.2) is 18.2 Å². The maximum Gasteiger partial charge on any atom is 0.254 e. The van der Waals surface area contributed by atoms with Crippen molar-refractivity contribution in [3.05, 3.63) is 35.4 Å². The SMILES string of the molecule is O=C(c1ccc(F)c(F)c1)N1CCN(C2CCCC2O)CC1. The van der Waals surface area contributed by atoms with Crippen LogP contribution in [0.4, 0.5) is 8.78 Å². The molecule has 1 aromatic rings. The summed E-state index contributed by atoms with van der Waals surface area (Å²) in [5.74, 6) is -2.22. The molecule has 2 atom stereocenters. The number of hydrogen-bond acceptors (Lipinski definition) is 3. The lowest BCUT2D eigenvalue weighted by Crippen LogP contribution is -2.53. The quantitative estimate of drug-likeness (QED) is 0.903. The zero-order chi connectivity index (χ0) is 15.7. The number of aliphatic hydroxyl groups excluding tert-OH is 1.